The highest BCUT2D eigenvalue weighted by molar-refractivity contribution is 5.28. The zero-order valence-electron chi connectivity index (χ0n) is 7.60. The molecular formula is C9H12F3N. The van der Waals surface area contributed by atoms with E-state index in [4.69, 9.17) is 0 Å². The lowest BCUT2D eigenvalue weighted by atomic mass is 10.1. The molecule has 0 saturated carbocycles. The molecule has 0 aliphatic carbocycles. The fraction of sp³-hybridized carbons (Fsp3) is 0.556. The smallest absolute Gasteiger partial charge is 0.371 e. The van der Waals surface area contributed by atoms with Gasteiger partial charge in [0.2, 0.25) is 0 Å². The van der Waals surface area contributed by atoms with Crippen molar-refractivity contribution in [3.63, 3.8) is 0 Å². The normalized spacial score (nSPS) is 23.3. The number of hydrogen-bond donors (Lipinski definition) is 0. The molecule has 0 N–H and O–H groups in total. The molecule has 1 heterocycles. The molecule has 0 spiro atoms. The number of halogens is 3. The third kappa shape index (κ3) is 2.26. The van der Waals surface area contributed by atoms with Gasteiger partial charge in [-0.15, -0.1) is 0 Å². The molecule has 1 aliphatic rings. The van der Waals surface area contributed by atoms with Gasteiger partial charge in [0.1, 0.15) is 0 Å². The molecule has 1 nitrogen and oxygen atoms in total. The minimum Gasteiger partial charge on any atom is -0.371 e. The summed E-state index contributed by atoms with van der Waals surface area (Å²) < 4.78 is 36.7. The van der Waals surface area contributed by atoms with Gasteiger partial charge in [0.15, 0.2) is 0 Å². The lowest BCUT2D eigenvalue weighted by Crippen LogP contribution is -2.30. The summed E-state index contributed by atoms with van der Waals surface area (Å²) in [6.07, 6.45) is -0.363. The number of nitrogens with zero attached hydrogens (tertiary/aromatic N) is 1. The second-order valence-corrected chi connectivity index (χ2v) is 3.01. The Balaban J connectivity index is 2.85. The third-order valence-electron chi connectivity index (χ3n) is 2.07. The predicted molar refractivity (Wildman–Crippen MR) is 45.1 cm³/mol. The molecule has 0 fully saturated rings. The number of likely N-dealkylation sites (N-methyl/N-ethyl adjacent to an activating group) is 1. The van der Waals surface area contributed by atoms with Gasteiger partial charge in [0.05, 0.1) is 5.57 Å². The molecule has 13 heavy (non-hydrogen) atoms. The molecule has 1 aliphatic heterocycles. The maximum absolute atomic E-state index is 12.2. The Bertz CT molecular complexity index is 240. The van der Waals surface area contributed by atoms with Crippen molar-refractivity contribution < 1.29 is 13.2 Å². The van der Waals surface area contributed by atoms with E-state index in [1.54, 1.807) is 11.0 Å². The Morgan fingerprint density at radius 2 is 2.08 bits per heavy atom. The summed E-state index contributed by atoms with van der Waals surface area (Å²) in [5.74, 6) is 0. The SMILES string of the molecule is CCN1C=C(C(F)(F)F)C=CC1C. The van der Waals surface area contributed by atoms with Crippen molar-refractivity contribution in [1.29, 1.82) is 0 Å². The van der Waals surface area contributed by atoms with Crippen molar-refractivity contribution in [3.8, 4) is 0 Å². The molecule has 0 amide bonds. The van der Waals surface area contributed by atoms with Crippen LogP contribution in [0.3, 0.4) is 0 Å². The van der Waals surface area contributed by atoms with Crippen LogP contribution < -0.4 is 0 Å². The Morgan fingerprint density at radius 3 is 2.54 bits per heavy atom. The average molecular weight is 191 g/mol. The van der Waals surface area contributed by atoms with Gasteiger partial charge in [-0.2, -0.15) is 13.2 Å². The van der Waals surface area contributed by atoms with Gasteiger partial charge in [-0.05, 0) is 13.8 Å². The molecule has 1 rings (SSSR count). The number of rotatable bonds is 1. The minimum atomic E-state index is -4.23. The predicted octanol–water partition coefficient (Wildman–Crippen LogP) is 2.71. The van der Waals surface area contributed by atoms with Crippen molar-refractivity contribution in [2.45, 2.75) is 26.1 Å². The van der Waals surface area contributed by atoms with E-state index in [2.05, 4.69) is 0 Å². The topological polar surface area (TPSA) is 3.24 Å². The minimum absolute atomic E-state index is 0.0519. The first-order chi connectivity index (χ1) is 5.95. The molecule has 1 atom stereocenters. The van der Waals surface area contributed by atoms with Gasteiger partial charge in [0.25, 0.3) is 0 Å². The molecule has 0 aromatic rings. The monoisotopic (exact) mass is 191 g/mol. The van der Waals surface area contributed by atoms with E-state index in [9.17, 15) is 13.2 Å². The Morgan fingerprint density at radius 1 is 1.46 bits per heavy atom. The first-order valence-electron chi connectivity index (χ1n) is 4.18. The quantitative estimate of drug-likeness (QED) is 0.616. The molecule has 0 aromatic carbocycles. The maximum atomic E-state index is 12.2. The van der Waals surface area contributed by atoms with Crippen molar-refractivity contribution >= 4 is 0 Å². The second-order valence-electron chi connectivity index (χ2n) is 3.01. The van der Waals surface area contributed by atoms with Crippen LogP contribution in [0.25, 0.3) is 0 Å². The molecule has 1 unspecified atom stereocenters. The van der Waals surface area contributed by atoms with Crippen LogP contribution in [0.1, 0.15) is 13.8 Å². The molecule has 0 aromatic heterocycles. The first kappa shape index (κ1) is 10.2. The second kappa shape index (κ2) is 3.44. The molecule has 74 valence electrons. The Labute approximate surface area is 75.5 Å². The number of allylic oxidation sites excluding steroid dienone is 2. The van der Waals surface area contributed by atoms with Crippen molar-refractivity contribution in [2.24, 2.45) is 0 Å². The maximum Gasteiger partial charge on any atom is 0.417 e. The third-order valence-corrected chi connectivity index (χ3v) is 2.07. The zero-order valence-corrected chi connectivity index (χ0v) is 7.60. The van der Waals surface area contributed by atoms with E-state index in [-0.39, 0.29) is 6.04 Å². The summed E-state index contributed by atoms with van der Waals surface area (Å²) in [5.41, 5.74) is -0.576. The highest BCUT2D eigenvalue weighted by Crippen LogP contribution is 2.29. The van der Waals surface area contributed by atoms with Gasteiger partial charge in [0, 0.05) is 18.8 Å². The fourth-order valence-corrected chi connectivity index (χ4v) is 1.24. The van der Waals surface area contributed by atoms with Crippen LogP contribution in [-0.2, 0) is 0 Å². The number of alkyl halides is 3. The van der Waals surface area contributed by atoms with Crippen LogP contribution in [0.4, 0.5) is 13.2 Å². The standard InChI is InChI=1S/C9H12F3N/c1-3-13-6-8(9(10,11)12)5-4-7(13)2/h4-7H,3H2,1-2H3. The van der Waals surface area contributed by atoms with Gasteiger partial charge in [-0.3, -0.25) is 0 Å². The zero-order chi connectivity index (χ0) is 10.1. The van der Waals surface area contributed by atoms with Gasteiger partial charge >= 0.3 is 6.18 Å². The Kier molecular flexibility index (Phi) is 2.68. The molecule has 0 bridgehead atoms. The molecular weight excluding hydrogens is 179 g/mol. The van der Waals surface area contributed by atoms with E-state index in [1.807, 2.05) is 13.8 Å². The van der Waals surface area contributed by atoms with Gasteiger partial charge in [-0.1, -0.05) is 12.2 Å². The van der Waals surface area contributed by atoms with Crippen LogP contribution in [0.5, 0.6) is 0 Å². The fourth-order valence-electron chi connectivity index (χ4n) is 1.24. The van der Waals surface area contributed by atoms with Crippen LogP contribution in [0, 0.1) is 0 Å². The number of hydrogen-bond acceptors (Lipinski definition) is 1. The van der Waals surface area contributed by atoms with Crippen LogP contribution in [-0.4, -0.2) is 23.7 Å². The summed E-state index contributed by atoms with van der Waals surface area (Å²) >= 11 is 0. The summed E-state index contributed by atoms with van der Waals surface area (Å²) in [4.78, 5) is 1.66. The van der Waals surface area contributed by atoms with Gasteiger partial charge < -0.3 is 4.90 Å². The van der Waals surface area contributed by atoms with E-state index >= 15 is 0 Å². The van der Waals surface area contributed by atoms with Crippen LogP contribution >= 0.6 is 0 Å². The van der Waals surface area contributed by atoms with Crippen LogP contribution in [0.15, 0.2) is 23.9 Å². The van der Waals surface area contributed by atoms with Crippen molar-refractivity contribution in [2.75, 3.05) is 6.54 Å². The van der Waals surface area contributed by atoms with E-state index in [0.717, 1.165) is 6.08 Å². The highest BCUT2D eigenvalue weighted by atomic mass is 19.4. The van der Waals surface area contributed by atoms with E-state index in [1.165, 1.54) is 6.20 Å². The van der Waals surface area contributed by atoms with E-state index in [0.29, 0.717) is 6.54 Å². The molecule has 4 heteroatoms. The summed E-state index contributed by atoms with van der Waals surface area (Å²) in [6, 6.07) is 0.0519. The van der Waals surface area contributed by atoms with E-state index < -0.39 is 11.7 Å². The summed E-state index contributed by atoms with van der Waals surface area (Å²) in [7, 11) is 0. The lowest BCUT2D eigenvalue weighted by molar-refractivity contribution is -0.0897. The first-order valence-corrected chi connectivity index (χ1v) is 4.18. The lowest BCUT2D eigenvalue weighted by Gasteiger charge is -2.28. The highest BCUT2D eigenvalue weighted by Gasteiger charge is 2.33. The summed E-state index contributed by atoms with van der Waals surface area (Å²) in [5, 5.41) is 0. The Hall–Kier alpha value is -0.930. The molecule has 0 radical (unpaired) electrons. The average Bonchev–Trinajstić information content (AvgIpc) is 2.03. The van der Waals surface area contributed by atoms with Crippen molar-refractivity contribution in [3.05, 3.63) is 23.9 Å². The summed E-state index contributed by atoms with van der Waals surface area (Å²) in [6.45, 7) is 4.29. The largest absolute Gasteiger partial charge is 0.417 e. The van der Waals surface area contributed by atoms with Crippen LogP contribution in [0.2, 0.25) is 0 Å². The molecule has 0 saturated heterocycles. The van der Waals surface area contributed by atoms with Gasteiger partial charge in [-0.25, -0.2) is 0 Å². The van der Waals surface area contributed by atoms with Crippen molar-refractivity contribution in [1.82, 2.24) is 4.90 Å².